The van der Waals surface area contributed by atoms with Crippen molar-refractivity contribution in [2.45, 2.75) is 32.0 Å². The summed E-state index contributed by atoms with van der Waals surface area (Å²) in [6.07, 6.45) is 0.415. The summed E-state index contributed by atoms with van der Waals surface area (Å²) >= 11 is 0. The van der Waals surface area contributed by atoms with Crippen LogP contribution in [-0.4, -0.2) is 52.4 Å². The highest BCUT2D eigenvalue weighted by atomic mass is 16.2. The normalized spacial score (nSPS) is 21.7. The van der Waals surface area contributed by atoms with Crippen LogP contribution >= 0.6 is 0 Å². The van der Waals surface area contributed by atoms with E-state index in [1.54, 1.807) is 0 Å². The van der Waals surface area contributed by atoms with Crippen LogP contribution in [0.25, 0.3) is 10.9 Å². The van der Waals surface area contributed by atoms with Gasteiger partial charge >= 0.3 is 0 Å². The second kappa shape index (κ2) is 6.43. The Labute approximate surface area is 155 Å². The summed E-state index contributed by atoms with van der Waals surface area (Å²) in [6.45, 7) is 2.26. The predicted octanol–water partition coefficient (Wildman–Crippen LogP) is 0.0369. The smallest absolute Gasteiger partial charge is 0.243 e. The second-order valence-electron chi connectivity index (χ2n) is 6.96. The van der Waals surface area contributed by atoms with Crippen LogP contribution in [0.2, 0.25) is 0 Å². The third kappa shape index (κ3) is 2.81. The van der Waals surface area contributed by atoms with E-state index in [1.165, 1.54) is 4.90 Å². The minimum atomic E-state index is -0.504. The first-order valence-corrected chi connectivity index (χ1v) is 8.84. The SMILES string of the molecule is Cc1c(C#N)c2ccccc2n1CC(=O)N[C@@H]1C[C@H]2C(=O)NCC(=O)N2C1. The summed E-state index contributed by atoms with van der Waals surface area (Å²) in [5.41, 5.74) is 2.14. The molecule has 0 saturated carbocycles. The minimum absolute atomic E-state index is 0.0154. The molecule has 0 unspecified atom stereocenters. The lowest BCUT2D eigenvalue weighted by Gasteiger charge is -2.28. The molecular formula is C19H19N5O3. The molecule has 27 heavy (non-hydrogen) atoms. The van der Waals surface area contributed by atoms with Crippen molar-refractivity contribution in [3.63, 3.8) is 0 Å². The van der Waals surface area contributed by atoms with Crippen molar-refractivity contribution in [3.05, 3.63) is 35.5 Å². The Balaban J connectivity index is 1.51. The van der Waals surface area contributed by atoms with E-state index in [0.29, 0.717) is 18.5 Å². The van der Waals surface area contributed by atoms with Crippen molar-refractivity contribution in [3.8, 4) is 6.07 Å². The number of para-hydroxylation sites is 1. The van der Waals surface area contributed by atoms with E-state index in [-0.39, 0.29) is 36.9 Å². The molecule has 2 atom stereocenters. The van der Waals surface area contributed by atoms with Gasteiger partial charge in [0.15, 0.2) is 0 Å². The molecule has 1 aromatic heterocycles. The molecule has 2 N–H and O–H groups in total. The van der Waals surface area contributed by atoms with E-state index < -0.39 is 6.04 Å². The van der Waals surface area contributed by atoms with Gasteiger partial charge in [0.2, 0.25) is 17.7 Å². The molecule has 2 saturated heterocycles. The van der Waals surface area contributed by atoms with Crippen molar-refractivity contribution < 1.29 is 14.4 Å². The Hall–Kier alpha value is -3.34. The van der Waals surface area contributed by atoms with Crippen molar-refractivity contribution >= 4 is 28.6 Å². The Morgan fingerprint density at radius 1 is 1.37 bits per heavy atom. The van der Waals surface area contributed by atoms with Gasteiger partial charge in [0.1, 0.15) is 18.7 Å². The number of piperazine rings is 1. The maximum absolute atomic E-state index is 12.6. The Bertz CT molecular complexity index is 979. The summed E-state index contributed by atoms with van der Waals surface area (Å²) in [5, 5.41) is 15.8. The van der Waals surface area contributed by atoms with E-state index in [1.807, 2.05) is 35.8 Å². The number of nitrogens with zero attached hydrogens (tertiary/aromatic N) is 3. The average Bonchev–Trinajstić information content (AvgIpc) is 3.19. The molecule has 2 aliphatic rings. The molecule has 3 heterocycles. The number of aromatic nitrogens is 1. The van der Waals surface area contributed by atoms with Gasteiger partial charge in [-0.2, -0.15) is 5.26 Å². The maximum Gasteiger partial charge on any atom is 0.243 e. The van der Waals surface area contributed by atoms with Gasteiger partial charge in [-0.05, 0) is 19.4 Å². The number of fused-ring (bicyclic) bond motifs is 2. The number of carbonyl (C=O) groups is 3. The number of nitriles is 1. The van der Waals surface area contributed by atoms with E-state index in [2.05, 4.69) is 16.7 Å². The molecule has 138 valence electrons. The lowest BCUT2D eigenvalue weighted by Crippen LogP contribution is -2.55. The van der Waals surface area contributed by atoms with Crippen LogP contribution in [0.4, 0.5) is 0 Å². The summed E-state index contributed by atoms with van der Waals surface area (Å²) < 4.78 is 1.82. The van der Waals surface area contributed by atoms with E-state index in [4.69, 9.17) is 0 Å². The molecule has 2 fully saturated rings. The van der Waals surface area contributed by atoms with Crippen LogP contribution in [0, 0.1) is 18.3 Å². The monoisotopic (exact) mass is 365 g/mol. The van der Waals surface area contributed by atoms with Crippen molar-refractivity contribution in [1.29, 1.82) is 5.26 Å². The molecular weight excluding hydrogens is 346 g/mol. The summed E-state index contributed by atoms with van der Waals surface area (Å²) in [5.74, 6) is -0.499. The highest BCUT2D eigenvalue weighted by molar-refractivity contribution is 5.95. The lowest BCUT2D eigenvalue weighted by atomic mass is 10.1. The molecule has 2 aromatic rings. The predicted molar refractivity (Wildman–Crippen MR) is 96.4 cm³/mol. The van der Waals surface area contributed by atoms with Crippen molar-refractivity contribution in [2.24, 2.45) is 0 Å². The van der Waals surface area contributed by atoms with Crippen molar-refractivity contribution in [1.82, 2.24) is 20.1 Å². The van der Waals surface area contributed by atoms with Gasteiger partial charge in [0.25, 0.3) is 0 Å². The van der Waals surface area contributed by atoms with E-state index in [0.717, 1.165) is 16.6 Å². The molecule has 8 nitrogen and oxygen atoms in total. The van der Waals surface area contributed by atoms with Gasteiger partial charge < -0.3 is 20.1 Å². The largest absolute Gasteiger partial charge is 0.350 e. The zero-order valence-corrected chi connectivity index (χ0v) is 14.9. The van der Waals surface area contributed by atoms with Crippen LogP contribution in [-0.2, 0) is 20.9 Å². The minimum Gasteiger partial charge on any atom is -0.350 e. The van der Waals surface area contributed by atoms with Crippen LogP contribution in [0.3, 0.4) is 0 Å². The molecule has 3 amide bonds. The fourth-order valence-electron chi connectivity index (χ4n) is 4.04. The van der Waals surface area contributed by atoms with Gasteiger partial charge in [-0.1, -0.05) is 18.2 Å². The van der Waals surface area contributed by atoms with Crippen LogP contribution in [0.15, 0.2) is 24.3 Å². The molecule has 8 heteroatoms. The lowest BCUT2D eigenvalue weighted by molar-refractivity contribution is -0.143. The van der Waals surface area contributed by atoms with Crippen LogP contribution in [0.1, 0.15) is 17.7 Å². The fraction of sp³-hybridized carbons (Fsp3) is 0.368. The molecule has 4 rings (SSSR count). The van der Waals surface area contributed by atoms with E-state index >= 15 is 0 Å². The average molecular weight is 365 g/mol. The molecule has 1 aromatic carbocycles. The van der Waals surface area contributed by atoms with Crippen LogP contribution < -0.4 is 10.6 Å². The summed E-state index contributed by atoms with van der Waals surface area (Å²) in [6, 6.07) is 8.94. The zero-order chi connectivity index (χ0) is 19.1. The third-order valence-electron chi connectivity index (χ3n) is 5.35. The number of rotatable bonds is 3. The second-order valence-corrected chi connectivity index (χ2v) is 6.96. The topological polar surface area (TPSA) is 107 Å². The Kier molecular flexibility index (Phi) is 4.07. The van der Waals surface area contributed by atoms with Gasteiger partial charge in [-0.15, -0.1) is 0 Å². The third-order valence-corrected chi connectivity index (χ3v) is 5.35. The van der Waals surface area contributed by atoms with Gasteiger partial charge in [0, 0.05) is 23.7 Å². The van der Waals surface area contributed by atoms with Gasteiger partial charge in [0.05, 0.1) is 17.6 Å². The highest BCUT2D eigenvalue weighted by Crippen LogP contribution is 2.25. The first-order chi connectivity index (χ1) is 13.0. The number of carbonyl (C=O) groups excluding carboxylic acids is 3. The first-order valence-electron chi connectivity index (χ1n) is 8.84. The standard InChI is InChI=1S/C19H19N5O3/c1-11-14(7-20)13-4-2-3-5-15(13)23(11)10-17(25)22-12-6-16-19(27)21-8-18(26)24(16)9-12/h2-5,12,16H,6,8-10H2,1H3,(H,21,27)(H,22,25)/t12-,16+/m1/s1. The number of benzene rings is 1. The maximum atomic E-state index is 12.6. The number of hydrogen-bond donors (Lipinski definition) is 2. The molecule has 2 aliphatic heterocycles. The van der Waals surface area contributed by atoms with Gasteiger partial charge in [-0.25, -0.2) is 0 Å². The van der Waals surface area contributed by atoms with Crippen LogP contribution in [0.5, 0.6) is 0 Å². The molecule has 0 radical (unpaired) electrons. The zero-order valence-electron chi connectivity index (χ0n) is 14.9. The molecule has 0 spiro atoms. The van der Waals surface area contributed by atoms with Crippen molar-refractivity contribution in [2.75, 3.05) is 13.1 Å². The fourth-order valence-corrected chi connectivity index (χ4v) is 4.04. The highest BCUT2D eigenvalue weighted by Gasteiger charge is 2.42. The molecule has 0 bridgehead atoms. The molecule has 0 aliphatic carbocycles. The first kappa shape index (κ1) is 17.1. The Morgan fingerprint density at radius 3 is 2.89 bits per heavy atom. The number of amides is 3. The summed E-state index contributed by atoms with van der Waals surface area (Å²) in [7, 11) is 0. The van der Waals surface area contributed by atoms with E-state index in [9.17, 15) is 19.6 Å². The Morgan fingerprint density at radius 2 is 2.15 bits per heavy atom. The quantitative estimate of drug-likeness (QED) is 0.800. The number of hydrogen-bond acceptors (Lipinski definition) is 4. The number of nitrogens with one attached hydrogen (secondary N) is 2. The van der Waals surface area contributed by atoms with Gasteiger partial charge in [-0.3, -0.25) is 14.4 Å². The summed E-state index contributed by atoms with van der Waals surface area (Å²) in [4.78, 5) is 38.0.